The van der Waals surface area contributed by atoms with E-state index in [1.165, 1.54) is 6.07 Å². The van der Waals surface area contributed by atoms with E-state index in [4.69, 9.17) is 0 Å². The van der Waals surface area contributed by atoms with Crippen molar-refractivity contribution < 1.29 is 9.18 Å². The van der Waals surface area contributed by atoms with E-state index in [1.807, 2.05) is 6.07 Å². The Morgan fingerprint density at radius 2 is 2.18 bits per heavy atom. The highest BCUT2D eigenvalue weighted by Crippen LogP contribution is 2.37. The molecule has 1 aliphatic heterocycles. The molecule has 1 aliphatic carbocycles. The summed E-state index contributed by atoms with van der Waals surface area (Å²) in [4.78, 5) is 12.9. The number of rotatable bonds is 2. The van der Waals surface area contributed by atoms with E-state index in [2.05, 4.69) is 5.32 Å². The van der Waals surface area contributed by atoms with Crippen molar-refractivity contribution in [3.05, 3.63) is 29.6 Å². The second-order valence-corrected chi connectivity index (χ2v) is 5.79. The third-order valence-corrected chi connectivity index (χ3v) is 4.40. The molecule has 0 spiro atoms. The van der Waals surface area contributed by atoms with E-state index >= 15 is 0 Å². The smallest absolute Gasteiger partial charge is 0.223 e. The largest absolute Gasteiger partial charge is 0.349 e. The van der Waals surface area contributed by atoms with Crippen LogP contribution in [-0.4, -0.2) is 11.7 Å². The molecule has 0 aromatic heterocycles. The van der Waals surface area contributed by atoms with Crippen molar-refractivity contribution in [2.45, 2.75) is 30.2 Å². The molecular formula is C13H14FNOS. The third kappa shape index (κ3) is 2.32. The van der Waals surface area contributed by atoms with Crippen LogP contribution in [0.15, 0.2) is 23.1 Å². The van der Waals surface area contributed by atoms with Crippen LogP contribution in [-0.2, 0) is 4.79 Å². The molecule has 0 saturated heterocycles. The maximum absolute atomic E-state index is 13.3. The number of fused-ring (bicyclic) bond motifs is 1. The average Bonchev–Trinajstić information content (AvgIpc) is 3.13. The Labute approximate surface area is 104 Å². The molecule has 0 bridgehead atoms. The third-order valence-electron chi connectivity index (χ3n) is 3.28. The molecule has 90 valence electrons. The van der Waals surface area contributed by atoms with Crippen LogP contribution >= 0.6 is 11.8 Å². The van der Waals surface area contributed by atoms with Crippen molar-refractivity contribution in [1.82, 2.24) is 5.32 Å². The van der Waals surface area contributed by atoms with Crippen molar-refractivity contribution in [2.24, 2.45) is 5.92 Å². The maximum Gasteiger partial charge on any atom is 0.223 e. The Kier molecular flexibility index (Phi) is 2.82. The first-order chi connectivity index (χ1) is 8.24. The first-order valence-electron chi connectivity index (χ1n) is 5.96. The minimum absolute atomic E-state index is 0.00458. The Morgan fingerprint density at radius 1 is 1.35 bits per heavy atom. The van der Waals surface area contributed by atoms with Gasteiger partial charge in [0.05, 0.1) is 6.04 Å². The van der Waals surface area contributed by atoms with Gasteiger partial charge in [0.25, 0.3) is 0 Å². The minimum Gasteiger partial charge on any atom is -0.349 e. The topological polar surface area (TPSA) is 29.1 Å². The highest BCUT2D eigenvalue weighted by molar-refractivity contribution is 7.99. The Morgan fingerprint density at radius 3 is 2.94 bits per heavy atom. The molecule has 1 amide bonds. The van der Waals surface area contributed by atoms with E-state index in [9.17, 15) is 9.18 Å². The van der Waals surface area contributed by atoms with Crippen molar-refractivity contribution in [3.8, 4) is 0 Å². The SMILES string of the molecule is O=C(NC1CCSc2ccc(F)cc21)C1CC1. The fraction of sp³-hybridized carbons (Fsp3) is 0.462. The zero-order valence-electron chi connectivity index (χ0n) is 9.41. The van der Waals surface area contributed by atoms with Gasteiger partial charge in [-0.3, -0.25) is 4.79 Å². The lowest BCUT2D eigenvalue weighted by Gasteiger charge is -2.26. The summed E-state index contributed by atoms with van der Waals surface area (Å²) in [5.74, 6) is 1.10. The van der Waals surface area contributed by atoms with Crippen LogP contribution in [0.5, 0.6) is 0 Å². The second-order valence-electron chi connectivity index (χ2n) is 4.65. The molecule has 1 aromatic rings. The van der Waals surface area contributed by atoms with Gasteiger partial charge < -0.3 is 5.32 Å². The molecule has 2 aliphatic rings. The number of carbonyl (C=O) groups excluding carboxylic acids is 1. The van der Waals surface area contributed by atoms with Gasteiger partial charge in [0.2, 0.25) is 5.91 Å². The van der Waals surface area contributed by atoms with Crippen molar-refractivity contribution in [3.63, 3.8) is 0 Å². The van der Waals surface area contributed by atoms with Gasteiger partial charge in [-0.25, -0.2) is 4.39 Å². The number of carbonyl (C=O) groups is 1. The van der Waals surface area contributed by atoms with Crippen molar-refractivity contribution in [1.29, 1.82) is 0 Å². The summed E-state index contributed by atoms with van der Waals surface area (Å²) in [6.45, 7) is 0. The Hall–Kier alpha value is -1.03. The number of halogens is 1. The number of hydrogen-bond acceptors (Lipinski definition) is 2. The lowest BCUT2D eigenvalue weighted by atomic mass is 10.0. The van der Waals surface area contributed by atoms with Crippen LogP contribution < -0.4 is 5.32 Å². The molecule has 2 nitrogen and oxygen atoms in total. The average molecular weight is 251 g/mol. The number of hydrogen-bond donors (Lipinski definition) is 1. The molecular weight excluding hydrogens is 237 g/mol. The molecule has 1 saturated carbocycles. The zero-order chi connectivity index (χ0) is 11.8. The van der Waals surface area contributed by atoms with Crippen LogP contribution in [0.2, 0.25) is 0 Å². The molecule has 1 atom stereocenters. The highest BCUT2D eigenvalue weighted by atomic mass is 32.2. The van der Waals surface area contributed by atoms with Gasteiger partial charge in [-0.2, -0.15) is 0 Å². The highest BCUT2D eigenvalue weighted by Gasteiger charge is 2.32. The fourth-order valence-corrected chi connectivity index (χ4v) is 3.26. The van der Waals surface area contributed by atoms with E-state index in [0.29, 0.717) is 0 Å². The lowest BCUT2D eigenvalue weighted by Crippen LogP contribution is -2.31. The van der Waals surface area contributed by atoms with E-state index in [0.717, 1.165) is 35.5 Å². The minimum atomic E-state index is -0.225. The van der Waals surface area contributed by atoms with Crippen molar-refractivity contribution >= 4 is 17.7 Å². The van der Waals surface area contributed by atoms with Crippen LogP contribution in [0.25, 0.3) is 0 Å². The quantitative estimate of drug-likeness (QED) is 0.875. The van der Waals surface area contributed by atoms with Gasteiger partial charge in [-0.15, -0.1) is 11.8 Å². The summed E-state index contributed by atoms with van der Waals surface area (Å²) < 4.78 is 13.3. The summed E-state index contributed by atoms with van der Waals surface area (Å²) in [7, 11) is 0. The van der Waals surface area contributed by atoms with Gasteiger partial charge >= 0.3 is 0 Å². The van der Waals surface area contributed by atoms with Crippen LogP contribution in [0, 0.1) is 11.7 Å². The number of benzene rings is 1. The van der Waals surface area contributed by atoms with Gasteiger partial charge in [0, 0.05) is 16.6 Å². The van der Waals surface area contributed by atoms with E-state index < -0.39 is 0 Å². The van der Waals surface area contributed by atoms with Crippen molar-refractivity contribution in [2.75, 3.05) is 5.75 Å². The normalized spacial score (nSPS) is 23.0. The predicted molar refractivity (Wildman–Crippen MR) is 65.3 cm³/mol. The van der Waals surface area contributed by atoms with Gasteiger partial charge in [-0.05, 0) is 43.0 Å². The molecule has 1 heterocycles. The Balaban J connectivity index is 1.82. The maximum atomic E-state index is 13.3. The van der Waals surface area contributed by atoms with E-state index in [1.54, 1.807) is 17.8 Å². The molecule has 1 fully saturated rings. The second kappa shape index (κ2) is 4.33. The van der Waals surface area contributed by atoms with Crippen LogP contribution in [0.1, 0.15) is 30.9 Å². The predicted octanol–water partition coefficient (Wildman–Crippen LogP) is 2.89. The van der Waals surface area contributed by atoms with Gasteiger partial charge in [-0.1, -0.05) is 0 Å². The van der Waals surface area contributed by atoms with Crippen LogP contribution in [0.4, 0.5) is 4.39 Å². The van der Waals surface area contributed by atoms with Crippen LogP contribution in [0.3, 0.4) is 0 Å². The lowest BCUT2D eigenvalue weighted by molar-refractivity contribution is -0.123. The summed E-state index contributed by atoms with van der Waals surface area (Å²) in [5.41, 5.74) is 0.940. The summed E-state index contributed by atoms with van der Waals surface area (Å²) >= 11 is 1.73. The molecule has 1 unspecified atom stereocenters. The monoisotopic (exact) mass is 251 g/mol. The number of thioether (sulfide) groups is 1. The summed E-state index contributed by atoms with van der Waals surface area (Å²) in [5, 5.41) is 3.05. The molecule has 4 heteroatoms. The molecule has 1 N–H and O–H groups in total. The Bertz CT molecular complexity index is 459. The first kappa shape index (κ1) is 11.1. The summed E-state index contributed by atoms with van der Waals surface area (Å²) in [6.07, 6.45) is 2.90. The molecule has 1 aromatic carbocycles. The van der Waals surface area contributed by atoms with Gasteiger partial charge in [0.1, 0.15) is 5.82 Å². The fourth-order valence-electron chi connectivity index (χ4n) is 2.15. The first-order valence-corrected chi connectivity index (χ1v) is 6.95. The molecule has 17 heavy (non-hydrogen) atoms. The number of amides is 1. The van der Waals surface area contributed by atoms with E-state index in [-0.39, 0.29) is 23.7 Å². The zero-order valence-corrected chi connectivity index (χ0v) is 10.2. The standard InChI is InChI=1S/C13H14FNOS/c14-9-3-4-12-10(7-9)11(5-6-17-12)15-13(16)8-1-2-8/h3-4,7-8,11H,1-2,5-6H2,(H,15,16). The molecule has 0 radical (unpaired) electrons. The number of nitrogens with one attached hydrogen (secondary N) is 1. The molecule has 3 rings (SSSR count). The van der Waals surface area contributed by atoms with Gasteiger partial charge in [0.15, 0.2) is 0 Å². The summed E-state index contributed by atoms with van der Waals surface area (Å²) in [6, 6.07) is 4.84.